The summed E-state index contributed by atoms with van der Waals surface area (Å²) in [5.74, 6) is 1.26. The van der Waals surface area contributed by atoms with Crippen LogP contribution in [0.25, 0.3) is 11.1 Å². The van der Waals surface area contributed by atoms with E-state index in [0.29, 0.717) is 5.75 Å². The van der Waals surface area contributed by atoms with Crippen LogP contribution in [0.2, 0.25) is 0 Å². The summed E-state index contributed by atoms with van der Waals surface area (Å²) in [5.41, 5.74) is 4.34. The molecule has 0 spiro atoms. The number of hydrogen-bond donors (Lipinski definition) is 0. The van der Waals surface area contributed by atoms with E-state index >= 15 is 0 Å². The highest BCUT2D eigenvalue weighted by atomic mass is 79.9. The zero-order valence-electron chi connectivity index (χ0n) is 37.1. The van der Waals surface area contributed by atoms with Crippen molar-refractivity contribution >= 4 is 57.0 Å². The lowest BCUT2D eigenvalue weighted by Gasteiger charge is -2.32. The molecule has 2 fully saturated rings. The summed E-state index contributed by atoms with van der Waals surface area (Å²) in [6.07, 6.45) is -11.0. The Morgan fingerprint density at radius 2 is 0.722 bits per heavy atom. The second-order valence-corrected chi connectivity index (χ2v) is 18.1. The summed E-state index contributed by atoms with van der Waals surface area (Å²) in [7, 11) is -1.11. The van der Waals surface area contributed by atoms with Gasteiger partial charge in [0.25, 0.3) is 0 Å². The highest BCUT2D eigenvalue weighted by molar-refractivity contribution is 9.11. The van der Waals surface area contributed by atoms with Crippen LogP contribution in [0.1, 0.15) is 126 Å². The Morgan fingerprint density at radius 3 is 1.01 bits per heavy atom. The van der Waals surface area contributed by atoms with Gasteiger partial charge in [0.1, 0.15) is 38.1 Å². The minimum absolute atomic E-state index is 0. The lowest BCUT2D eigenvalue weighted by atomic mass is 9.71. The van der Waals surface area contributed by atoms with E-state index in [-0.39, 0.29) is 72.6 Å². The largest absolute Gasteiger partial charge is 0.559 e. The van der Waals surface area contributed by atoms with Gasteiger partial charge in [0.05, 0.1) is 22.4 Å². The molecule has 0 bridgehead atoms. The lowest BCUT2D eigenvalue weighted by Crippen LogP contribution is -2.41. The molecule has 6 nitrogen and oxygen atoms in total. The fourth-order valence-electron chi connectivity index (χ4n) is 5.45. The van der Waals surface area contributed by atoms with Crippen LogP contribution >= 0.6 is 31.9 Å². The predicted octanol–water partition coefficient (Wildman–Crippen LogP) is 18.2. The van der Waals surface area contributed by atoms with E-state index in [1.165, 1.54) is 5.56 Å². The molecule has 418 valence electrons. The summed E-state index contributed by atoms with van der Waals surface area (Å²) >= 11 is 6.65. The quantitative estimate of drug-likeness (QED) is 0.123. The average molecular weight is 1180 g/mol. The molecule has 0 amide bonds. The fraction of sp³-hybridized carbons (Fsp3) is 0.538. The highest BCUT2D eigenvalue weighted by Crippen LogP contribution is 2.38. The Labute approximate surface area is 445 Å². The molecule has 2 aliphatic rings. The molecule has 0 unspecified atom stereocenters. The molecule has 0 aliphatic carbocycles. The van der Waals surface area contributed by atoms with Gasteiger partial charge in [0, 0.05) is 8.95 Å². The first-order chi connectivity index (χ1) is 29.3. The van der Waals surface area contributed by atoms with Crippen molar-refractivity contribution in [2.75, 3.05) is 26.6 Å². The molecule has 72 heavy (non-hydrogen) atoms. The van der Waals surface area contributed by atoms with Crippen LogP contribution in [-0.4, -0.2) is 76.1 Å². The maximum atomic E-state index is 12.7. The SMILES string of the molecule is Brc1ccc(Br)cc1.C.C.C.C.C.C.C.C.CC1(C)OB(c2cc(OCCF)cc(B3OC(C)(C)C(C)(C)O3)c2)OC1(C)C.Cc1ccc(-c2cc(C)cc(OCCF)c2)cc1.FC(F)(F)F.FC(F)(F)F. The third-order valence-electron chi connectivity index (χ3n) is 9.93. The van der Waals surface area contributed by atoms with Crippen LogP contribution in [0, 0.1) is 13.8 Å². The molecule has 2 heterocycles. The lowest BCUT2D eigenvalue weighted by molar-refractivity contribution is -0.238. The minimum Gasteiger partial charge on any atom is -0.491 e. The second kappa shape index (κ2) is 35.1. The minimum atomic E-state index is -5.50. The standard InChI is InChI=1S/C20H31B2FO5.C16H17FO.C6H4Br2.2CF4.8CH4/c1-17(2)18(3,4)26-21(25-17)14-11-15(13-16(12-14)24-10-9-23)22-27-19(5,6)20(7,8)28-22;1-12-3-5-14(6-4-12)15-9-13(2)10-16(11-15)18-8-7-17;7-5-1-2-6(8)4-3-5;2*2-1(3,4)5;;;;;;;;/h11-13H,9-10H2,1-8H3;3-6,9-11H,7-8H2,1-2H3;1-4H;;;8*1H4. The number of halogens is 12. The number of rotatable bonds is 9. The van der Waals surface area contributed by atoms with Gasteiger partial charge < -0.3 is 28.1 Å². The van der Waals surface area contributed by atoms with Crippen LogP contribution in [0.15, 0.2) is 93.9 Å². The van der Waals surface area contributed by atoms with E-state index < -0.39 is 62.9 Å². The second-order valence-electron chi connectivity index (χ2n) is 16.3. The molecule has 0 atom stereocenters. The molecule has 6 rings (SSSR count). The molecular weight excluding hydrogens is 1090 g/mol. The van der Waals surface area contributed by atoms with Crippen molar-refractivity contribution < 1.29 is 72.0 Å². The summed E-state index contributed by atoms with van der Waals surface area (Å²) in [4.78, 5) is 0. The Morgan fingerprint density at radius 1 is 0.431 bits per heavy atom. The van der Waals surface area contributed by atoms with Crippen molar-refractivity contribution in [3.63, 3.8) is 0 Å². The fourth-order valence-corrected chi connectivity index (χ4v) is 5.97. The molecule has 0 N–H and O–H groups in total. The molecule has 2 saturated heterocycles. The van der Waals surface area contributed by atoms with Gasteiger partial charge in [-0.15, -0.1) is 35.1 Å². The normalized spacial score (nSPS) is 14.9. The summed E-state index contributed by atoms with van der Waals surface area (Å²) < 4.78 is 140. The molecule has 0 radical (unpaired) electrons. The van der Waals surface area contributed by atoms with Crippen LogP contribution in [0.4, 0.5) is 43.9 Å². The van der Waals surface area contributed by atoms with Crippen LogP contribution < -0.4 is 20.4 Å². The molecule has 20 heteroatoms. The molecule has 2 aliphatic heterocycles. The zero-order valence-corrected chi connectivity index (χ0v) is 40.2. The van der Waals surface area contributed by atoms with Gasteiger partial charge in [-0.25, -0.2) is 8.78 Å². The monoisotopic (exact) mass is 1170 g/mol. The van der Waals surface area contributed by atoms with E-state index in [4.69, 9.17) is 28.1 Å². The van der Waals surface area contributed by atoms with Gasteiger partial charge in [-0.1, -0.05) is 133 Å². The maximum Gasteiger partial charge on any atom is 0.559 e. The highest BCUT2D eigenvalue weighted by Gasteiger charge is 2.54. The van der Waals surface area contributed by atoms with Gasteiger partial charge >= 0.3 is 27.1 Å². The van der Waals surface area contributed by atoms with Crippen LogP contribution in [0.3, 0.4) is 0 Å². The number of alkyl halides is 10. The predicted molar refractivity (Wildman–Crippen MR) is 292 cm³/mol. The third kappa shape index (κ3) is 29.6. The van der Waals surface area contributed by atoms with Crippen molar-refractivity contribution in [1.82, 2.24) is 0 Å². The first kappa shape index (κ1) is 82.7. The van der Waals surface area contributed by atoms with E-state index in [2.05, 4.69) is 69.1 Å². The van der Waals surface area contributed by atoms with Gasteiger partial charge in [0.15, 0.2) is 0 Å². The molecular formula is C52H84B2Br2F10O6. The average Bonchev–Trinajstić information content (AvgIpc) is 3.52. The molecule has 4 aromatic rings. The summed E-state index contributed by atoms with van der Waals surface area (Å²) in [6, 6.07) is 27.9. The first-order valence-electron chi connectivity index (χ1n) is 19.6. The van der Waals surface area contributed by atoms with Crippen molar-refractivity contribution in [2.45, 2.75) is 164 Å². The van der Waals surface area contributed by atoms with Gasteiger partial charge in [-0.05, 0) is 145 Å². The topological polar surface area (TPSA) is 55.4 Å². The maximum absolute atomic E-state index is 12.7. The number of aryl methyl sites for hydroxylation is 2. The number of ether oxygens (including phenoxy) is 2. The Kier molecular flexibility index (Phi) is 40.3. The molecule has 4 aromatic carbocycles. The van der Waals surface area contributed by atoms with E-state index in [1.54, 1.807) is 0 Å². The first-order valence-corrected chi connectivity index (χ1v) is 21.2. The van der Waals surface area contributed by atoms with Crippen molar-refractivity contribution in [1.29, 1.82) is 0 Å². The third-order valence-corrected chi connectivity index (χ3v) is 11.0. The molecule has 0 saturated carbocycles. The Bertz CT molecular complexity index is 1910. The van der Waals surface area contributed by atoms with Crippen molar-refractivity contribution in [2.24, 2.45) is 0 Å². The van der Waals surface area contributed by atoms with Crippen molar-refractivity contribution in [3.05, 3.63) is 105 Å². The number of hydrogen-bond acceptors (Lipinski definition) is 6. The zero-order chi connectivity index (χ0) is 48.9. The van der Waals surface area contributed by atoms with Gasteiger partial charge in [-0.2, -0.15) is 0 Å². The summed E-state index contributed by atoms with van der Waals surface area (Å²) in [5, 5.41) is 0. The van der Waals surface area contributed by atoms with E-state index in [9.17, 15) is 43.9 Å². The number of benzene rings is 4. The van der Waals surface area contributed by atoms with Crippen molar-refractivity contribution in [3.8, 4) is 22.6 Å². The summed E-state index contributed by atoms with van der Waals surface area (Å²) in [6.45, 7) is 19.2. The van der Waals surface area contributed by atoms with Crippen LogP contribution in [-0.2, 0) is 18.6 Å². The van der Waals surface area contributed by atoms with E-state index in [1.807, 2.05) is 117 Å². The Balaban J connectivity index is -0.000000166. The Hall–Kier alpha value is -3.29. The van der Waals surface area contributed by atoms with Gasteiger partial charge in [-0.3, -0.25) is 0 Å². The van der Waals surface area contributed by atoms with Gasteiger partial charge in [0.2, 0.25) is 0 Å². The smallest absolute Gasteiger partial charge is 0.491 e. The molecule has 0 aromatic heterocycles. The van der Waals surface area contributed by atoms with Crippen LogP contribution in [0.5, 0.6) is 11.5 Å². The van der Waals surface area contributed by atoms with E-state index in [0.717, 1.165) is 42.3 Å².